The molecular formula is C22H26FN5O4S. The lowest BCUT2D eigenvalue weighted by Crippen LogP contribution is -2.56. The van der Waals surface area contributed by atoms with E-state index in [4.69, 9.17) is 5.73 Å². The second kappa shape index (κ2) is 9.54. The minimum Gasteiger partial charge on any atom is -0.350 e. The molecular weight excluding hydrogens is 449 g/mol. The van der Waals surface area contributed by atoms with Gasteiger partial charge in [-0.05, 0) is 62.1 Å². The summed E-state index contributed by atoms with van der Waals surface area (Å²) in [6.07, 6.45) is 4.39. The number of halogens is 1. The summed E-state index contributed by atoms with van der Waals surface area (Å²) >= 11 is 0. The van der Waals surface area contributed by atoms with Gasteiger partial charge in [0.2, 0.25) is 10.0 Å². The predicted octanol–water partition coefficient (Wildman–Crippen LogP) is 1.08. The van der Waals surface area contributed by atoms with Crippen molar-refractivity contribution in [2.45, 2.75) is 48.8 Å². The number of hydrogen-bond donors (Lipinski definition) is 2. The largest absolute Gasteiger partial charge is 0.350 e. The van der Waals surface area contributed by atoms with Crippen molar-refractivity contribution in [3.8, 4) is 0 Å². The Kier molecular flexibility index (Phi) is 6.73. The van der Waals surface area contributed by atoms with Gasteiger partial charge < -0.3 is 16.0 Å². The van der Waals surface area contributed by atoms with E-state index in [-0.39, 0.29) is 35.6 Å². The summed E-state index contributed by atoms with van der Waals surface area (Å²) in [7, 11) is -4.17. The number of benzene rings is 1. The van der Waals surface area contributed by atoms with E-state index in [9.17, 15) is 22.4 Å². The molecule has 1 unspecified atom stereocenters. The van der Waals surface area contributed by atoms with Crippen LogP contribution in [0.15, 0.2) is 53.7 Å². The topological polar surface area (TPSA) is 126 Å². The standard InChI is InChI=1S/C22H26FN5O4S/c23-16-3-9-19(10-4-16)33(31,32)28-13-12-27(22(30)15-2-1-11-25-14-15)21(28)20(29)26-18-7-5-17(24)6-8-18/h1-4,9-11,14,17-18,21H,5-8,12-13,24H2,(H,26,29). The molecule has 1 aliphatic heterocycles. The third-order valence-corrected chi connectivity index (χ3v) is 7.94. The van der Waals surface area contributed by atoms with Crippen LogP contribution in [0.3, 0.4) is 0 Å². The molecule has 1 atom stereocenters. The third kappa shape index (κ3) is 4.90. The van der Waals surface area contributed by atoms with Crippen molar-refractivity contribution in [1.29, 1.82) is 0 Å². The number of amides is 2. The summed E-state index contributed by atoms with van der Waals surface area (Å²) in [6, 6.07) is 7.47. The second-order valence-electron chi connectivity index (χ2n) is 8.30. The maximum Gasteiger partial charge on any atom is 0.259 e. The normalized spacial score (nSPS) is 23.9. The average molecular weight is 476 g/mol. The molecule has 2 amide bonds. The van der Waals surface area contributed by atoms with Gasteiger partial charge in [-0.15, -0.1) is 0 Å². The van der Waals surface area contributed by atoms with Crippen LogP contribution >= 0.6 is 0 Å². The smallest absolute Gasteiger partial charge is 0.259 e. The summed E-state index contributed by atoms with van der Waals surface area (Å²) in [5.41, 5.74) is 6.19. The van der Waals surface area contributed by atoms with Crippen LogP contribution in [0.1, 0.15) is 36.0 Å². The molecule has 1 saturated heterocycles. The SMILES string of the molecule is NC1CCC(NC(=O)C2N(C(=O)c3cccnc3)CCN2S(=O)(=O)c2ccc(F)cc2)CC1. The molecule has 11 heteroatoms. The maximum atomic E-state index is 13.4. The second-order valence-corrected chi connectivity index (χ2v) is 10.2. The molecule has 2 aliphatic rings. The van der Waals surface area contributed by atoms with E-state index in [1.54, 1.807) is 12.1 Å². The van der Waals surface area contributed by atoms with E-state index in [1.807, 2.05) is 0 Å². The van der Waals surface area contributed by atoms with Gasteiger partial charge in [0.25, 0.3) is 11.8 Å². The number of rotatable bonds is 5. The summed E-state index contributed by atoms with van der Waals surface area (Å²) < 4.78 is 41.1. The zero-order valence-corrected chi connectivity index (χ0v) is 18.7. The molecule has 2 aromatic rings. The van der Waals surface area contributed by atoms with Gasteiger partial charge in [0.05, 0.1) is 10.5 Å². The van der Waals surface area contributed by atoms with E-state index >= 15 is 0 Å². The summed E-state index contributed by atoms with van der Waals surface area (Å²) in [5, 5.41) is 2.91. The zero-order chi connectivity index (χ0) is 23.6. The van der Waals surface area contributed by atoms with Gasteiger partial charge in [-0.3, -0.25) is 14.6 Å². The average Bonchev–Trinajstić information content (AvgIpc) is 3.27. The van der Waals surface area contributed by atoms with E-state index in [0.717, 1.165) is 41.4 Å². The highest BCUT2D eigenvalue weighted by molar-refractivity contribution is 7.89. The minimum atomic E-state index is -4.17. The molecule has 0 radical (unpaired) electrons. The first-order valence-electron chi connectivity index (χ1n) is 10.8. The quantitative estimate of drug-likeness (QED) is 0.667. The first kappa shape index (κ1) is 23.3. The van der Waals surface area contributed by atoms with Crippen molar-refractivity contribution in [3.05, 3.63) is 60.2 Å². The Balaban J connectivity index is 1.64. The van der Waals surface area contributed by atoms with E-state index < -0.39 is 33.8 Å². The molecule has 176 valence electrons. The van der Waals surface area contributed by atoms with Crippen molar-refractivity contribution in [3.63, 3.8) is 0 Å². The molecule has 2 heterocycles. The van der Waals surface area contributed by atoms with Crippen LogP contribution in [0.5, 0.6) is 0 Å². The molecule has 33 heavy (non-hydrogen) atoms. The van der Waals surface area contributed by atoms with E-state index in [0.29, 0.717) is 12.8 Å². The van der Waals surface area contributed by atoms with Crippen molar-refractivity contribution >= 4 is 21.8 Å². The minimum absolute atomic E-state index is 0.0295. The Morgan fingerprint density at radius 2 is 1.76 bits per heavy atom. The number of pyridine rings is 1. The molecule has 9 nitrogen and oxygen atoms in total. The molecule has 0 bridgehead atoms. The van der Waals surface area contributed by atoms with Crippen LogP contribution in [0, 0.1) is 5.82 Å². The van der Waals surface area contributed by atoms with Crippen molar-refractivity contribution in [2.24, 2.45) is 5.73 Å². The van der Waals surface area contributed by atoms with Gasteiger partial charge in [0.15, 0.2) is 6.17 Å². The van der Waals surface area contributed by atoms with Gasteiger partial charge in [0.1, 0.15) is 5.82 Å². The molecule has 4 rings (SSSR count). The lowest BCUT2D eigenvalue weighted by Gasteiger charge is -2.32. The number of carbonyl (C=O) groups is 2. The van der Waals surface area contributed by atoms with Gasteiger partial charge in [-0.25, -0.2) is 12.8 Å². The highest BCUT2D eigenvalue weighted by Crippen LogP contribution is 2.27. The zero-order valence-electron chi connectivity index (χ0n) is 17.9. The number of sulfonamides is 1. The molecule has 1 aromatic heterocycles. The Bertz CT molecular complexity index is 1110. The maximum absolute atomic E-state index is 13.4. The van der Waals surface area contributed by atoms with Gasteiger partial charge >= 0.3 is 0 Å². The highest BCUT2D eigenvalue weighted by Gasteiger charge is 2.47. The number of carbonyl (C=O) groups excluding carboxylic acids is 2. The van der Waals surface area contributed by atoms with Crippen LogP contribution in [0.2, 0.25) is 0 Å². The Morgan fingerprint density at radius 3 is 2.39 bits per heavy atom. The van der Waals surface area contributed by atoms with Gasteiger partial charge in [-0.2, -0.15) is 4.31 Å². The third-order valence-electron chi connectivity index (χ3n) is 6.07. The number of nitrogens with two attached hydrogens (primary N) is 1. The fourth-order valence-electron chi connectivity index (χ4n) is 4.28. The Morgan fingerprint density at radius 1 is 1.06 bits per heavy atom. The van der Waals surface area contributed by atoms with Crippen molar-refractivity contribution in [1.82, 2.24) is 19.5 Å². The van der Waals surface area contributed by atoms with E-state index in [1.165, 1.54) is 17.3 Å². The fourth-order valence-corrected chi connectivity index (χ4v) is 5.82. The molecule has 0 spiro atoms. The van der Waals surface area contributed by atoms with Crippen molar-refractivity contribution < 1.29 is 22.4 Å². The van der Waals surface area contributed by atoms with Crippen LogP contribution in [-0.2, 0) is 14.8 Å². The van der Waals surface area contributed by atoms with Crippen molar-refractivity contribution in [2.75, 3.05) is 13.1 Å². The summed E-state index contributed by atoms with van der Waals surface area (Å²) in [5.74, 6) is -1.64. The Labute approximate surface area is 191 Å². The van der Waals surface area contributed by atoms with Crippen LogP contribution in [0.4, 0.5) is 4.39 Å². The van der Waals surface area contributed by atoms with Crippen LogP contribution in [-0.4, -0.2) is 65.8 Å². The van der Waals surface area contributed by atoms with E-state index in [2.05, 4.69) is 10.3 Å². The summed E-state index contributed by atoms with van der Waals surface area (Å²) in [6.45, 7) is -0.0406. The molecule has 2 fully saturated rings. The predicted molar refractivity (Wildman–Crippen MR) is 118 cm³/mol. The van der Waals surface area contributed by atoms with Gasteiger partial charge in [-0.1, -0.05) is 0 Å². The number of nitrogens with zero attached hydrogens (tertiary/aromatic N) is 3. The lowest BCUT2D eigenvalue weighted by atomic mass is 9.92. The van der Waals surface area contributed by atoms with Gasteiger partial charge in [0, 0.05) is 37.6 Å². The first-order valence-corrected chi connectivity index (χ1v) is 12.3. The lowest BCUT2D eigenvalue weighted by molar-refractivity contribution is -0.128. The monoisotopic (exact) mass is 475 g/mol. The summed E-state index contributed by atoms with van der Waals surface area (Å²) in [4.78, 5) is 31.6. The van der Waals surface area contributed by atoms with Crippen LogP contribution in [0.25, 0.3) is 0 Å². The van der Waals surface area contributed by atoms with Crippen LogP contribution < -0.4 is 11.1 Å². The number of aromatic nitrogens is 1. The number of nitrogens with one attached hydrogen (secondary N) is 1. The number of hydrogen-bond acceptors (Lipinski definition) is 6. The molecule has 1 aliphatic carbocycles. The first-order chi connectivity index (χ1) is 15.8. The Hall–Kier alpha value is -2.89. The highest BCUT2D eigenvalue weighted by atomic mass is 32.2. The molecule has 3 N–H and O–H groups in total. The fraction of sp³-hybridized carbons (Fsp3) is 0.409. The molecule has 1 aromatic carbocycles. The molecule has 1 saturated carbocycles.